The van der Waals surface area contributed by atoms with Crippen molar-refractivity contribution < 1.29 is 9.13 Å². The SMILES string of the molecule is Cc1cc(NCC2(c3cccc(F)c3)CCOCC2)n2nc(C)c(C)c2n1. The number of ether oxygens (including phenoxy) is 1. The van der Waals surface area contributed by atoms with Crippen LogP contribution in [0.3, 0.4) is 0 Å². The molecule has 0 aliphatic carbocycles. The van der Waals surface area contributed by atoms with Gasteiger partial charge in [0.25, 0.3) is 0 Å². The largest absolute Gasteiger partial charge is 0.381 e. The molecule has 1 N–H and O–H groups in total. The van der Waals surface area contributed by atoms with Gasteiger partial charge in [-0.3, -0.25) is 0 Å². The molecule has 27 heavy (non-hydrogen) atoms. The standard InChI is InChI=1S/C21H25FN4O/c1-14-11-19(26-20(24-14)15(2)16(3)25-26)23-13-21(7-9-27-10-8-21)17-5-4-6-18(22)12-17/h4-6,11-12,23H,7-10,13H2,1-3H3. The molecule has 142 valence electrons. The van der Waals surface area contributed by atoms with Crippen LogP contribution in [-0.2, 0) is 10.2 Å². The maximum atomic E-state index is 13.9. The third kappa shape index (κ3) is 3.30. The van der Waals surface area contributed by atoms with Crippen molar-refractivity contribution in [1.82, 2.24) is 14.6 Å². The molecule has 1 aliphatic heterocycles. The summed E-state index contributed by atoms with van der Waals surface area (Å²) >= 11 is 0. The lowest BCUT2D eigenvalue weighted by Crippen LogP contribution is -2.40. The van der Waals surface area contributed by atoms with E-state index in [1.54, 1.807) is 12.1 Å². The lowest BCUT2D eigenvalue weighted by atomic mass is 9.74. The van der Waals surface area contributed by atoms with Crippen molar-refractivity contribution >= 4 is 11.5 Å². The summed E-state index contributed by atoms with van der Waals surface area (Å²) in [5.41, 5.74) is 4.74. The van der Waals surface area contributed by atoms with E-state index in [4.69, 9.17) is 4.74 Å². The van der Waals surface area contributed by atoms with Crippen LogP contribution >= 0.6 is 0 Å². The second-order valence-corrected chi connectivity index (χ2v) is 7.49. The highest BCUT2D eigenvalue weighted by atomic mass is 19.1. The van der Waals surface area contributed by atoms with Crippen molar-refractivity contribution in [3.05, 3.63) is 58.7 Å². The molecule has 5 nitrogen and oxygen atoms in total. The Morgan fingerprint density at radius 2 is 1.96 bits per heavy atom. The van der Waals surface area contributed by atoms with Crippen LogP contribution in [0.25, 0.3) is 5.65 Å². The van der Waals surface area contributed by atoms with Gasteiger partial charge in [0, 0.05) is 42.5 Å². The number of nitrogens with one attached hydrogen (secondary N) is 1. The van der Waals surface area contributed by atoms with E-state index < -0.39 is 0 Å². The van der Waals surface area contributed by atoms with Gasteiger partial charge in [-0.15, -0.1) is 0 Å². The highest BCUT2D eigenvalue weighted by Crippen LogP contribution is 2.35. The van der Waals surface area contributed by atoms with Crippen molar-refractivity contribution in [3.63, 3.8) is 0 Å². The molecule has 0 unspecified atom stereocenters. The first-order chi connectivity index (χ1) is 13.0. The van der Waals surface area contributed by atoms with Crippen LogP contribution < -0.4 is 5.32 Å². The Bertz CT molecular complexity index is 976. The van der Waals surface area contributed by atoms with Crippen molar-refractivity contribution in [3.8, 4) is 0 Å². The van der Waals surface area contributed by atoms with Crippen molar-refractivity contribution in [2.75, 3.05) is 25.1 Å². The van der Waals surface area contributed by atoms with Gasteiger partial charge >= 0.3 is 0 Å². The van der Waals surface area contributed by atoms with Gasteiger partial charge in [-0.1, -0.05) is 12.1 Å². The van der Waals surface area contributed by atoms with Crippen molar-refractivity contribution in [2.45, 2.75) is 39.0 Å². The van der Waals surface area contributed by atoms with E-state index in [1.165, 1.54) is 6.07 Å². The fourth-order valence-electron chi connectivity index (χ4n) is 3.88. The second-order valence-electron chi connectivity index (χ2n) is 7.49. The van der Waals surface area contributed by atoms with E-state index in [9.17, 15) is 4.39 Å². The minimum atomic E-state index is -0.196. The van der Waals surface area contributed by atoms with Gasteiger partial charge in [0.1, 0.15) is 11.6 Å². The van der Waals surface area contributed by atoms with E-state index in [2.05, 4.69) is 15.4 Å². The smallest absolute Gasteiger partial charge is 0.160 e. The van der Waals surface area contributed by atoms with Gasteiger partial charge in [0.15, 0.2) is 5.65 Å². The molecule has 1 aliphatic rings. The third-order valence-corrected chi connectivity index (χ3v) is 5.68. The molecule has 0 saturated carbocycles. The maximum Gasteiger partial charge on any atom is 0.160 e. The molecule has 1 aromatic carbocycles. The molecule has 0 spiro atoms. The summed E-state index contributed by atoms with van der Waals surface area (Å²) in [6.07, 6.45) is 1.71. The normalized spacial score (nSPS) is 16.6. The maximum absolute atomic E-state index is 13.9. The number of hydrogen-bond acceptors (Lipinski definition) is 4. The number of aromatic nitrogens is 3. The zero-order chi connectivity index (χ0) is 19.0. The molecular formula is C21H25FN4O. The molecular weight excluding hydrogens is 343 g/mol. The first kappa shape index (κ1) is 17.9. The average Bonchev–Trinajstić information content (AvgIpc) is 2.95. The molecule has 4 rings (SSSR count). The van der Waals surface area contributed by atoms with Gasteiger partial charge in [-0.05, 0) is 51.3 Å². The van der Waals surface area contributed by atoms with E-state index >= 15 is 0 Å². The predicted octanol–water partition coefficient (Wildman–Crippen LogP) is 3.95. The molecule has 3 aromatic rings. The van der Waals surface area contributed by atoms with Crippen molar-refractivity contribution in [2.24, 2.45) is 0 Å². The molecule has 0 radical (unpaired) electrons. The first-order valence-electron chi connectivity index (χ1n) is 9.40. The van der Waals surface area contributed by atoms with Crippen LogP contribution in [0.1, 0.15) is 35.4 Å². The summed E-state index contributed by atoms with van der Waals surface area (Å²) in [7, 11) is 0. The Balaban J connectivity index is 1.70. The molecule has 1 fully saturated rings. The quantitative estimate of drug-likeness (QED) is 0.757. The summed E-state index contributed by atoms with van der Waals surface area (Å²) in [6.45, 7) is 8.09. The van der Waals surface area contributed by atoms with Crippen LogP contribution in [0.4, 0.5) is 10.2 Å². The predicted molar refractivity (Wildman–Crippen MR) is 104 cm³/mol. The zero-order valence-electron chi connectivity index (χ0n) is 16.1. The van der Waals surface area contributed by atoms with E-state index in [-0.39, 0.29) is 11.2 Å². The van der Waals surface area contributed by atoms with E-state index in [0.717, 1.165) is 46.8 Å². The highest BCUT2D eigenvalue weighted by Gasteiger charge is 2.35. The van der Waals surface area contributed by atoms with Gasteiger partial charge in [0.2, 0.25) is 0 Å². The lowest BCUT2D eigenvalue weighted by Gasteiger charge is -2.38. The van der Waals surface area contributed by atoms with Gasteiger partial charge in [0.05, 0.1) is 5.69 Å². The lowest BCUT2D eigenvalue weighted by molar-refractivity contribution is 0.0542. The molecule has 2 aromatic heterocycles. The number of aryl methyl sites for hydroxylation is 3. The first-order valence-corrected chi connectivity index (χ1v) is 9.40. The summed E-state index contributed by atoms with van der Waals surface area (Å²) in [5.74, 6) is 0.717. The van der Waals surface area contributed by atoms with Gasteiger partial charge in [-0.2, -0.15) is 9.61 Å². The number of rotatable bonds is 4. The van der Waals surface area contributed by atoms with Crippen molar-refractivity contribution in [1.29, 1.82) is 0 Å². The van der Waals surface area contributed by atoms with Crippen LogP contribution in [0.2, 0.25) is 0 Å². The summed E-state index contributed by atoms with van der Waals surface area (Å²) in [6, 6.07) is 8.97. The number of anilines is 1. The minimum Gasteiger partial charge on any atom is -0.381 e. The average molecular weight is 368 g/mol. The Kier molecular flexibility index (Phi) is 4.60. The molecule has 1 saturated heterocycles. The second kappa shape index (κ2) is 6.93. The van der Waals surface area contributed by atoms with Gasteiger partial charge < -0.3 is 10.1 Å². The number of halogens is 1. The number of fused-ring (bicyclic) bond motifs is 1. The monoisotopic (exact) mass is 368 g/mol. The number of nitrogens with zero attached hydrogens (tertiary/aromatic N) is 3. The Hall–Kier alpha value is -2.47. The molecule has 0 atom stereocenters. The number of hydrogen-bond donors (Lipinski definition) is 1. The highest BCUT2D eigenvalue weighted by molar-refractivity contribution is 5.56. The van der Waals surface area contributed by atoms with Gasteiger partial charge in [-0.25, -0.2) is 9.37 Å². The van der Waals surface area contributed by atoms with Crippen LogP contribution in [-0.4, -0.2) is 34.4 Å². The third-order valence-electron chi connectivity index (χ3n) is 5.68. The zero-order valence-corrected chi connectivity index (χ0v) is 16.1. The molecule has 3 heterocycles. The fourth-order valence-corrected chi connectivity index (χ4v) is 3.88. The summed E-state index contributed by atoms with van der Waals surface area (Å²) in [4.78, 5) is 4.63. The Labute approximate surface area is 158 Å². The number of benzene rings is 1. The van der Waals surface area contributed by atoms with Crippen LogP contribution in [0.15, 0.2) is 30.3 Å². The minimum absolute atomic E-state index is 0.166. The Morgan fingerprint density at radius 3 is 2.70 bits per heavy atom. The van der Waals surface area contributed by atoms with Crippen LogP contribution in [0.5, 0.6) is 0 Å². The topological polar surface area (TPSA) is 51.5 Å². The molecule has 0 amide bonds. The summed E-state index contributed by atoms with van der Waals surface area (Å²) < 4.78 is 21.3. The summed E-state index contributed by atoms with van der Waals surface area (Å²) in [5, 5.41) is 8.21. The fraction of sp³-hybridized carbons (Fsp3) is 0.429. The van der Waals surface area contributed by atoms with Crippen LogP contribution in [0, 0.1) is 26.6 Å². The molecule has 0 bridgehead atoms. The Morgan fingerprint density at radius 1 is 1.19 bits per heavy atom. The molecule has 6 heteroatoms. The van der Waals surface area contributed by atoms with E-state index in [0.29, 0.717) is 19.8 Å². The van der Waals surface area contributed by atoms with E-state index in [1.807, 2.05) is 37.4 Å².